The predicted octanol–water partition coefficient (Wildman–Crippen LogP) is 2.20. The van der Waals surface area contributed by atoms with Crippen LogP contribution in [0.1, 0.15) is 18.4 Å². The Balaban J connectivity index is 1.20. The van der Waals surface area contributed by atoms with Gasteiger partial charge >= 0.3 is 0 Å². The van der Waals surface area contributed by atoms with E-state index >= 15 is 0 Å². The molecule has 3 aromatic rings. The summed E-state index contributed by atoms with van der Waals surface area (Å²) in [7, 11) is 2.16. The zero-order chi connectivity index (χ0) is 25.6. The summed E-state index contributed by atoms with van der Waals surface area (Å²) in [6, 6.07) is 12.5. The van der Waals surface area contributed by atoms with Crippen LogP contribution in [0.3, 0.4) is 0 Å². The van der Waals surface area contributed by atoms with Gasteiger partial charge in [-0.15, -0.1) is 0 Å². The van der Waals surface area contributed by atoms with Crippen molar-refractivity contribution in [1.29, 1.82) is 5.26 Å². The largest absolute Gasteiger partial charge is 0.490 e. The number of piperidine rings is 1. The highest BCUT2D eigenvalue weighted by atomic mass is 16.5. The van der Waals surface area contributed by atoms with Gasteiger partial charge in [-0.05, 0) is 57.1 Å². The van der Waals surface area contributed by atoms with E-state index in [4.69, 9.17) is 9.47 Å². The van der Waals surface area contributed by atoms with Gasteiger partial charge in [-0.25, -0.2) is 14.6 Å². The van der Waals surface area contributed by atoms with Crippen molar-refractivity contribution in [3.05, 3.63) is 64.7 Å². The highest BCUT2D eigenvalue weighted by molar-refractivity contribution is 5.60. The Bertz CT molecular complexity index is 1300. The highest BCUT2D eigenvalue weighted by Crippen LogP contribution is 2.20. The SMILES string of the molecule is CN1CCC(COc2cnc(N3CCO[C@H](Cn4nc(-c5cccc(C#N)c5)ccc4=O)C3)nc2)CC1. The maximum atomic E-state index is 12.5. The molecule has 4 heterocycles. The van der Waals surface area contributed by atoms with Crippen molar-refractivity contribution in [2.45, 2.75) is 25.5 Å². The third kappa shape index (κ3) is 6.31. The first kappa shape index (κ1) is 24.9. The van der Waals surface area contributed by atoms with Gasteiger partial charge in [-0.3, -0.25) is 4.79 Å². The molecule has 0 radical (unpaired) electrons. The van der Waals surface area contributed by atoms with Crippen molar-refractivity contribution in [3.8, 4) is 23.1 Å². The number of aromatic nitrogens is 4. The van der Waals surface area contributed by atoms with Crippen molar-refractivity contribution >= 4 is 5.95 Å². The first-order valence-electron chi connectivity index (χ1n) is 12.7. The molecule has 0 amide bonds. The maximum absolute atomic E-state index is 12.5. The third-order valence-corrected chi connectivity index (χ3v) is 6.89. The lowest BCUT2D eigenvalue weighted by Crippen LogP contribution is -2.46. The molecule has 2 aliphatic rings. The van der Waals surface area contributed by atoms with Crippen LogP contribution in [-0.4, -0.2) is 77.2 Å². The molecule has 5 rings (SSSR count). The van der Waals surface area contributed by atoms with Crippen molar-refractivity contribution in [2.24, 2.45) is 5.92 Å². The lowest BCUT2D eigenvalue weighted by Gasteiger charge is -2.33. The normalized spacial score (nSPS) is 18.9. The molecule has 0 aliphatic carbocycles. The molecule has 2 aromatic heterocycles. The van der Waals surface area contributed by atoms with Crippen LogP contribution in [0.5, 0.6) is 5.75 Å². The summed E-state index contributed by atoms with van der Waals surface area (Å²) in [4.78, 5) is 26.0. The van der Waals surface area contributed by atoms with Gasteiger partial charge in [0.25, 0.3) is 5.56 Å². The number of rotatable bonds is 7. The first-order chi connectivity index (χ1) is 18.1. The van der Waals surface area contributed by atoms with E-state index in [1.165, 1.54) is 10.7 Å². The van der Waals surface area contributed by atoms with Crippen molar-refractivity contribution in [2.75, 3.05) is 51.3 Å². The van der Waals surface area contributed by atoms with E-state index in [1.807, 2.05) is 6.07 Å². The molecule has 192 valence electrons. The zero-order valence-corrected chi connectivity index (χ0v) is 21.0. The number of nitriles is 1. The number of nitrogens with zero attached hydrogens (tertiary/aromatic N) is 7. The second-order valence-corrected chi connectivity index (χ2v) is 9.65. The standard InChI is InChI=1S/C27H31N7O3/c1-32-9-7-20(8-10-32)19-37-23-15-29-27(30-16-23)33-11-12-36-24(17-33)18-34-26(35)6-5-25(31-34)22-4-2-3-21(13-22)14-28/h2-6,13,15-16,20,24H,7-12,17-19H2,1H3/t24-/m0/s1. The third-order valence-electron chi connectivity index (χ3n) is 6.89. The summed E-state index contributed by atoms with van der Waals surface area (Å²) < 4.78 is 13.3. The van der Waals surface area contributed by atoms with E-state index in [9.17, 15) is 10.1 Å². The monoisotopic (exact) mass is 501 g/mol. The van der Waals surface area contributed by atoms with Gasteiger partial charge in [-0.1, -0.05) is 12.1 Å². The second kappa shape index (κ2) is 11.5. The molecule has 2 fully saturated rings. The van der Waals surface area contributed by atoms with E-state index in [0.29, 0.717) is 61.7 Å². The zero-order valence-electron chi connectivity index (χ0n) is 21.0. The summed E-state index contributed by atoms with van der Waals surface area (Å²) in [5, 5.41) is 13.7. The van der Waals surface area contributed by atoms with E-state index in [2.05, 4.69) is 38.0 Å². The molecule has 0 bridgehead atoms. The summed E-state index contributed by atoms with van der Waals surface area (Å²) in [5.74, 6) is 1.87. The fourth-order valence-corrected chi connectivity index (χ4v) is 4.68. The van der Waals surface area contributed by atoms with Crippen LogP contribution in [0, 0.1) is 17.2 Å². The molecule has 0 N–H and O–H groups in total. The number of ether oxygens (including phenoxy) is 2. The van der Waals surface area contributed by atoms with E-state index in [0.717, 1.165) is 31.5 Å². The van der Waals surface area contributed by atoms with Crippen LogP contribution < -0.4 is 15.2 Å². The van der Waals surface area contributed by atoms with Gasteiger partial charge < -0.3 is 19.3 Å². The van der Waals surface area contributed by atoms with Gasteiger partial charge in [0, 0.05) is 24.7 Å². The Hall–Kier alpha value is -3.81. The van der Waals surface area contributed by atoms with Gasteiger partial charge in [0.2, 0.25) is 5.95 Å². The van der Waals surface area contributed by atoms with Crippen LogP contribution >= 0.6 is 0 Å². The number of likely N-dealkylation sites (tertiary alicyclic amines) is 1. The van der Waals surface area contributed by atoms with E-state index < -0.39 is 0 Å². The lowest BCUT2D eigenvalue weighted by atomic mass is 9.98. The van der Waals surface area contributed by atoms with Crippen LogP contribution in [0.25, 0.3) is 11.3 Å². The Labute approximate surface area is 216 Å². The average molecular weight is 502 g/mol. The first-order valence-corrected chi connectivity index (χ1v) is 12.7. The summed E-state index contributed by atoms with van der Waals surface area (Å²) >= 11 is 0. The summed E-state index contributed by atoms with van der Waals surface area (Å²) in [6.07, 6.45) is 5.51. The second-order valence-electron chi connectivity index (χ2n) is 9.65. The number of anilines is 1. The lowest BCUT2D eigenvalue weighted by molar-refractivity contribution is 0.0260. The Morgan fingerprint density at radius 3 is 2.73 bits per heavy atom. The van der Waals surface area contributed by atoms with Gasteiger partial charge in [0.1, 0.15) is 0 Å². The highest BCUT2D eigenvalue weighted by Gasteiger charge is 2.24. The van der Waals surface area contributed by atoms with Gasteiger partial charge in [-0.2, -0.15) is 10.4 Å². The molecule has 0 spiro atoms. The fourth-order valence-electron chi connectivity index (χ4n) is 4.68. The number of morpholine rings is 1. The minimum absolute atomic E-state index is 0.205. The fraction of sp³-hybridized carbons (Fsp3) is 0.444. The van der Waals surface area contributed by atoms with Crippen LogP contribution in [0.2, 0.25) is 0 Å². The van der Waals surface area contributed by atoms with Crippen LogP contribution in [-0.2, 0) is 11.3 Å². The molecule has 37 heavy (non-hydrogen) atoms. The van der Waals surface area contributed by atoms with E-state index in [1.54, 1.807) is 36.7 Å². The molecular weight excluding hydrogens is 470 g/mol. The minimum Gasteiger partial charge on any atom is -0.490 e. The minimum atomic E-state index is -0.247. The maximum Gasteiger partial charge on any atom is 0.266 e. The number of hydrogen-bond donors (Lipinski definition) is 0. The van der Waals surface area contributed by atoms with Crippen molar-refractivity contribution < 1.29 is 9.47 Å². The molecule has 0 saturated carbocycles. The topological polar surface area (TPSA) is 109 Å². The quantitative estimate of drug-likeness (QED) is 0.481. The molecule has 0 unspecified atom stereocenters. The predicted molar refractivity (Wildman–Crippen MR) is 138 cm³/mol. The number of hydrogen-bond acceptors (Lipinski definition) is 9. The summed E-state index contributed by atoms with van der Waals surface area (Å²) in [6.45, 7) is 4.93. The van der Waals surface area contributed by atoms with Crippen molar-refractivity contribution in [1.82, 2.24) is 24.6 Å². The van der Waals surface area contributed by atoms with Crippen LogP contribution in [0.4, 0.5) is 5.95 Å². The van der Waals surface area contributed by atoms with Gasteiger partial charge in [0.15, 0.2) is 5.75 Å². The molecule has 10 nitrogen and oxygen atoms in total. The van der Waals surface area contributed by atoms with Crippen LogP contribution in [0.15, 0.2) is 53.6 Å². The van der Waals surface area contributed by atoms with Gasteiger partial charge in [0.05, 0.1) is 55.6 Å². The Kier molecular flexibility index (Phi) is 7.73. The Morgan fingerprint density at radius 2 is 1.95 bits per heavy atom. The molecule has 1 atom stereocenters. The molecular formula is C27H31N7O3. The van der Waals surface area contributed by atoms with Crippen molar-refractivity contribution in [3.63, 3.8) is 0 Å². The van der Waals surface area contributed by atoms with E-state index in [-0.39, 0.29) is 11.7 Å². The molecule has 10 heteroatoms. The summed E-state index contributed by atoms with van der Waals surface area (Å²) in [5.41, 5.74) is 1.75. The Morgan fingerprint density at radius 1 is 1.14 bits per heavy atom. The molecule has 2 aliphatic heterocycles. The molecule has 1 aromatic carbocycles. The smallest absolute Gasteiger partial charge is 0.266 e. The number of benzene rings is 1. The molecule has 2 saturated heterocycles. The average Bonchev–Trinajstić information content (AvgIpc) is 2.94.